The van der Waals surface area contributed by atoms with E-state index in [9.17, 15) is 0 Å². The van der Waals surface area contributed by atoms with E-state index in [4.69, 9.17) is 9.47 Å². The topological polar surface area (TPSA) is 33.7 Å². The molecule has 1 fully saturated rings. The van der Waals surface area contributed by atoms with Gasteiger partial charge in [0.05, 0.1) is 0 Å². The number of rotatable bonds is 3. The second-order valence-corrected chi connectivity index (χ2v) is 5.27. The maximum atomic E-state index is 5.49. The highest BCUT2D eigenvalue weighted by Crippen LogP contribution is 2.36. The highest BCUT2D eigenvalue weighted by Gasteiger charge is 2.27. The van der Waals surface area contributed by atoms with Gasteiger partial charge in [0.1, 0.15) is 0 Å². The molecule has 4 heteroatoms. The van der Waals surface area contributed by atoms with E-state index in [0.717, 1.165) is 37.4 Å². The summed E-state index contributed by atoms with van der Waals surface area (Å²) in [6.07, 6.45) is 2.31. The molecular weight excluding hydrogens is 240 g/mol. The van der Waals surface area contributed by atoms with E-state index in [2.05, 4.69) is 36.2 Å². The van der Waals surface area contributed by atoms with Crippen LogP contribution in [0.25, 0.3) is 0 Å². The number of hydrogen-bond acceptors (Lipinski definition) is 4. The van der Waals surface area contributed by atoms with Crippen molar-refractivity contribution in [2.45, 2.75) is 38.8 Å². The Labute approximate surface area is 114 Å². The summed E-state index contributed by atoms with van der Waals surface area (Å²) in [5.41, 5.74) is 1.25. The van der Waals surface area contributed by atoms with Crippen molar-refractivity contribution in [3.63, 3.8) is 0 Å². The van der Waals surface area contributed by atoms with Gasteiger partial charge in [-0.05, 0) is 25.0 Å². The van der Waals surface area contributed by atoms with Crippen LogP contribution in [-0.2, 0) is 0 Å². The first-order chi connectivity index (χ1) is 9.31. The van der Waals surface area contributed by atoms with Gasteiger partial charge in [-0.1, -0.05) is 13.8 Å². The molecule has 4 nitrogen and oxygen atoms in total. The van der Waals surface area contributed by atoms with Crippen LogP contribution in [0.1, 0.15) is 26.7 Å². The van der Waals surface area contributed by atoms with Gasteiger partial charge in [-0.3, -0.25) is 0 Å². The maximum Gasteiger partial charge on any atom is 0.231 e. The highest BCUT2D eigenvalue weighted by atomic mass is 16.7. The Balaban J connectivity index is 1.85. The summed E-state index contributed by atoms with van der Waals surface area (Å²) in [5, 5.41) is 3.62. The van der Waals surface area contributed by atoms with Gasteiger partial charge in [0.15, 0.2) is 11.5 Å². The Morgan fingerprint density at radius 1 is 1.21 bits per heavy atom. The first kappa shape index (κ1) is 12.6. The number of benzene rings is 1. The molecule has 1 N–H and O–H groups in total. The number of anilines is 1. The summed E-state index contributed by atoms with van der Waals surface area (Å²) in [4.78, 5) is 2.51. The van der Waals surface area contributed by atoms with Gasteiger partial charge < -0.3 is 19.7 Å². The number of piperazine rings is 1. The molecule has 104 valence electrons. The van der Waals surface area contributed by atoms with Crippen molar-refractivity contribution in [2.75, 3.05) is 24.8 Å². The van der Waals surface area contributed by atoms with Crippen molar-refractivity contribution in [1.82, 2.24) is 5.32 Å². The van der Waals surface area contributed by atoms with Crippen molar-refractivity contribution >= 4 is 5.69 Å². The molecule has 0 amide bonds. The fourth-order valence-electron chi connectivity index (χ4n) is 2.88. The Kier molecular flexibility index (Phi) is 3.51. The van der Waals surface area contributed by atoms with Gasteiger partial charge in [-0.25, -0.2) is 0 Å². The Bertz CT molecular complexity index is 450. The summed E-state index contributed by atoms with van der Waals surface area (Å²) in [7, 11) is 0. The lowest BCUT2D eigenvalue weighted by molar-refractivity contribution is 0.174. The summed E-state index contributed by atoms with van der Waals surface area (Å²) >= 11 is 0. The number of fused-ring (bicyclic) bond motifs is 1. The fraction of sp³-hybridized carbons (Fsp3) is 0.600. The Morgan fingerprint density at radius 2 is 2.05 bits per heavy atom. The van der Waals surface area contributed by atoms with Gasteiger partial charge in [-0.2, -0.15) is 0 Å². The van der Waals surface area contributed by atoms with Gasteiger partial charge in [-0.15, -0.1) is 0 Å². The minimum Gasteiger partial charge on any atom is -0.454 e. The van der Waals surface area contributed by atoms with Crippen LogP contribution in [0.2, 0.25) is 0 Å². The van der Waals surface area contributed by atoms with E-state index in [0.29, 0.717) is 18.9 Å². The number of ether oxygens (including phenoxy) is 2. The molecule has 0 bridgehead atoms. The molecule has 19 heavy (non-hydrogen) atoms. The number of nitrogens with one attached hydrogen (secondary N) is 1. The number of nitrogens with zero attached hydrogens (tertiary/aromatic N) is 1. The van der Waals surface area contributed by atoms with Crippen molar-refractivity contribution < 1.29 is 9.47 Å². The van der Waals surface area contributed by atoms with Crippen LogP contribution >= 0.6 is 0 Å². The lowest BCUT2D eigenvalue weighted by Crippen LogP contribution is -2.56. The zero-order valence-electron chi connectivity index (χ0n) is 11.7. The number of hydrogen-bond donors (Lipinski definition) is 1. The van der Waals surface area contributed by atoms with E-state index in [1.807, 2.05) is 6.07 Å². The van der Waals surface area contributed by atoms with Crippen LogP contribution in [0.3, 0.4) is 0 Å². The minimum atomic E-state index is 0.342. The fourth-order valence-corrected chi connectivity index (χ4v) is 2.88. The Morgan fingerprint density at radius 3 is 2.84 bits per heavy atom. The molecule has 1 aromatic carbocycles. The van der Waals surface area contributed by atoms with Crippen LogP contribution < -0.4 is 19.7 Å². The molecular formula is C15H22N2O2. The van der Waals surface area contributed by atoms with E-state index in [-0.39, 0.29) is 0 Å². The zero-order chi connectivity index (χ0) is 13.2. The standard InChI is InChI=1S/C15H22N2O2/c1-3-11-9-17(12(4-2)8-16-11)13-5-6-14-15(7-13)19-10-18-14/h5-7,11-12,16H,3-4,8-10H2,1-2H3. The van der Waals surface area contributed by atoms with Crippen molar-refractivity contribution in [3.8, 4) is 11.5 Å². The normalized spacial score (nSPS) is 25.7. The molecule has 0 spiro atoms. The third-order valence-corrected chi connectivity index (χ3v) is 4.15. The molecule has 1 saturated heterocycles. The molecule has 2 atom stereocenters. The largest absolute Gasteiger partial charge is 0.454 e. The highest BCUT2D eigenvalue weighted by molar-refractivity contribution is 5.58. The third kappa shape index (κ3) is 2.37. The monoisotopic (exact) mass is 262 g/mol. The predicted molar refractivity (Wildman–Crippen MR) is 76.1 cm³/mol. The van der Waals surface area contributed by atoms with Crippen LogP contribution in [0.4, 0.5) is 5.69 Å². The molecule has 2 aliphatic rings. The Hall–Kier alpha value is -1.42. The van der Waals surface area contributed by atoms with E-state index in [1.165, 1.54) is 5.69 Å². The smallest absolute Gasteiger partial charge is 0.231 e. The van der Waals surface area contributed by atoms with Gasteiger partial charge in [0, 0.05) is 36.9 Å². The summed E-state index contributed by atoms with van der Waals surface area (Å²) < 4.78 is 10.9. The third-order valence-electron chi connectivity index (χ3n) is 4.15. The molecule has 2 unspecified atom stereocenters. The quantitative estimate of drug-likeness (QED) is 0.907. The van der Waals surface area contributed by atoms with Crippen LogP contribution in [0.5, 0.6) is 11.5 Å². The molecule has 1 aromatic rings. The maximum absolute atomic E-state index is 5.49. The van der Waals surface area contributed by atoms with Crippen LogP contribution in [0, 0.1) is 0 Å². The average Bonchev–Trinajstić information content (AvgIpc) is 2.93. The van der Waals surface area contributed by atoms with Gasteiger partial charge in [0.25, 0.3) is 0 Å². The molecule has 3 rings (SSSR count). The molecule has 0 saturated carbocycles. The van der Waals surface area contributed by atoms with Crippen molar-refractivity contribution in [2.24, 2.45) is 0 Å². The van der Waals surface area contributed by atoms with Crippen LogP contribution in [-0.4, -0.2) is 32.0 Å². The van der Waals surface area contributed by atoms with Gasteiger partial charge in [0.2, 0.25) is 6.79 Å². The zero-order valence-corrected chi connectivity index (χ0v) is 11.7. The van der Waals surface area contributed by atoms with Gasteiger partial charge >= 0.3 is 0 Å². The second kappa shape index (κ2) is 5.29. The lowest BCUT2D eigenvalue weighted by atomic mass is 10.0. The molecule has 2 aliphatic heterocycles. The van der Waals surface area contributed by atoms with E-state index in [1.54, 1.807) is 0 Å². The van der Waals surface area contributed by atoms with Crippen LogP contribution in [0.15, 0.2) is 18.2 Å². The predicted octanol–water partition coefficient (Wildman–Crippen LogP) is 2.38. The average molecular weight is 262 g/mol. The van der Waals surface area contributed by atoms with E-state index < -0.39 is 0 Å². The summed E-state index contributed by atoms with van der Waals surface area (Å²) in [6, 6.07) is 7.42. The first-order valence-electron chi connectivity index (χ1n) is 7.21. The summed E-state index contributed by atoms with van der Waals surface area (Å²) in [6.45, 7) is 6.95. The summed E-state index contributed by atoms with van der Waals surface area (Å²) in [5.74, 6) is 1.73. The molecule has 0 aromatic heterocycles. The second-order valence-electron chi connectivity index (χ2n) is 5.27. The SMILES string of the molecule is CCC1CN(c2ccc3c(c2)OCO3)C(CC)CN1. The first-order valence-corrected chi connectivity index (χ1v) is 7.21. The minimum absolute atomic E-state index is 0.342. The van der Waals surface area contributed by atoms with E-state index >= 15 is 0 Å². The molecule has 2 heterocycles. The van der Waals surface area contributed by atoms with Crippen molar-refractivity contribution in [3.05, 3.63) is 18.2 Å². The molecule has 0 aliphatic carbocycles. The molecule has 0 radical (unpaired) electrons. The lowest BCUT2D eigenvalue weighted by Gasteiger charge is -2.41. The van der Waals surface area contributed by atoms with Crippen molar-refractivity contribution in [1.29, 1.82) is 0 Å².